The van der Waals surface area contributed by atoms with Gasteiger partial charge in [0.1, 0.15) is 0 Å². The molecule has 0 aliphatic heterocycles. The Balaban J connectivity index is 3.25. The van der Waals surface area contributed by atoms with Crippen molar-refractivity contribution in [1.29, 1.82) is 0 Å². The van der Waals surface area contributed by atoms with Crippen LogP contribution in [0.25, 0.3) is 0 Å². The van der Waals surface area contributed by atoms with E-state index < -0.39 is 0 Å². The maximum absolute atomic E-state index is 11.1. The van der Waals surface area contributed by atoms with E-state index in [0.717, 1.165) is 18.3 Å². The molecule has 1 aromatic rings. The third-order valence-corrected chi connectivity index (χ3v) is 2.03. The number of carbonyl (C=O) groups is 2. The summed E-state index contributed by atoms with van der Waals surface area (Å²) in [5, 5.41) is 0. The molecular weight excluding hydrogens is 164 g/mol. The van der Waals surface area contributed by atoms with Gasteiger partial charge in [-0.15, -0.1) is 0 Å². The molecule has 2 nitrogen and oxygen atoms in total. The van der Waals surface area contributed by atoms with Gasteiger partial charge in [0.25, 0.3) is 0 Å². The molecule has 0 atom stereocenters. The average molecular weight is 176 g/mol. The van der Waals surface area contributed by atoms with Crippen LogP contribution in [0, 0.1) is 0 Å². The smallest absolute Gasteiger partial charge is 0.160 e. The molecule has 68 valence electrons. The van der Waals surface area contributed by atoms with Gasteiger partial charge in [-0.05, 0) is 25.0 Å². The van der Waals surface area contributed by atoms with Gasteiger partial charge in [-0.25, -0.2) is 0 Å². The predicted molar refractivity (Wildman–Crippen MR) is 51.2 cm³/mol. The highest BCUT2D eigenvalue weighted by molar-refractivity contribution is 6.01. The number of aryl methyl sites for hydroxylation is 1. The highest BCUT2D eigenvalue weighted by Gasteiger charge is 2.06. The van der Waals surface area contributed by atoms with Gasteiger partial charge in [0.15, 0.2) is 12.1 Å². The van der Waals surface area contributed by atoms with Gasteiger partial charge < -0.3 is 0 Å². The number of carbonyl (C=O) groups excluding carboxylic acids is 2. The van der Waals surface area contributed by atoms with Crippen LogP contribution < -0.4 is 0 Å². The number of hydrogen-bond acceptors (Lipinski definition) is 2. The van der Waals surface area contributed by atoms with E-state index in [-0.39, 0.29) is 5.78 Å². The van der Waals surface area contributed by atoms with E-state index in [2.05, 4.69) is 0 Å². The fraction of sp³-hybridized carbons (Fsp3) is 0.273. The van der Waals surface area contributed by atoms with Gasteiger partial charge in [-0.3, -0.25) is 9.59 Å². The monoisotopic (exact) mass is 176 g/mol. The van der Waals surface area contributed by atoms with Crippen LogP contribution in [0.4, 0.5) is 0 Å². The molecule has 0 saturated heterocycles. The molecule has 0 spiro atoms. The van der Waals surface area contributed by atoms with Crippen molar-refractivity contribution in [2.75, 3.05) is 0 Å². The van der Waals surface area contributed by atoms with E-state index in [9.17, 15) is 9.59 Å². The molecular formula is C11H12O2. The first-order valence-corrected chi connectivity index (χ1v) is 4.28. The molecule has 0 fully saturated rings. The van der Waals surface area contributed by atoms with Crippen LogP contribution in [0.15, 0.2) is 18.2 Å². The lowest BCUT2D eigenvalue weighted by Gasteiger charge is -2.02. The lowest BCUT2D eigenvalue weighted by atomic mass is 10.0. The molecule has 0 unspecified atom stereocenters. The third kappa shape index (κ3) is 2.02. The van der Waals surface area contributed by atoms with Crippen molar-refractivity contribution in [3.8, 4) is 0 Å². The summed E-state index contributed by atoms with van der Waals surface area (Å²) >= 11 is 0. The van der Waals surface area contributed by atoms with Crippen LogP contribution >= 0.6 is 0 Å². The molecule has 0 aromatic heterocycles. The van der Waals surface area contributed by atoms with Gasteiger partial charge in [-0.1, -0.05) is 19.1 Å². The summed E-state index contributed by atoms with van der Waals surface area (Å²) in [6, 6.07) is 5.35. The van der Waals surface area contributed by atoms with Crippen LogP contribution in [0.2, 0.25) is 0 Å². The standard InChI is InChI=1S/C11H12O2/c1-3-9-4-5-10(7-12)11(6-9)8(2)13/h4-7H,3H2,1-2H3. The van der Waals surface area contributed by atoms with E-state index in [1.165, 1.54) is 6.92 Å². The second-order valence-electron chi connectivity index (χ2n) is 2.95. The Morgan fingerprint density at radius 1 is 1.46 bits per heavy atom. The van der Waals surface area contributed by atoms with Gasteiger partial charge in [-0.2, -0.15) is 0 Å². The zero-order chi connectivity index (χ0) is 9.84. The minimum Gasteiger partial charge on any atom is -0.298 e. The van der Waals surface area contributed by atoms with Crippen LogP contribution in [0.1, 0.15) is 40.1 Å². The Labute approximate surface area is 77.6 Å². The number of Topliss-reactive ketones (excluding diaryl/α,β-unsaturated/α-hetero) is 1. The van der Waals surface area contributed by atoms with E-state index in [0.29, 0.717) is 11.1 Å². The molecule has 1 rings (SSSR count). The van der Waals surface area contributed by atoms with Crippen LogP contribution in [-0.4, -0.2) is 12.1 Å². The topological polar surface area (TPSA) is 34.1 Å². The molecule has 0 N–H and O–H groups in total. The fourth-order valence-corrected chi connectivity index (χ4v) is 1.23. The largest absolute Gasteiger partial charge is 0.298 e. The summed E-state index contributed by atoms with van der Waals surface area (Å²) in [5.74, 6) is -0.0580. The van der Waals surface area contributed by atoms with E-state index in [1.807, 2.05) is 13.0 Å². The zero-order valence-electron chi connectivity index (χ0n) is 7.83. The van der Waals surface area contributed by atoms with E-state index >= 15 is 0 Å². The maximum Gasteiger partial charge on any atom is 0.160 e. The zero-order valence-corrected chi connectivity index (χ0v) is 7.83. The number of ketones is 1. The Morgan fingerprint density at radius 3 is 2.62 bits per heavy atom. The summed E-state index contributed by atoms with van der Waals surface area (Å²) in [5.41, 5.74) is 2.08. The molecule has 0 heterocycles. The fourth-order valence-electron chi connectivity index (χ4n) is 1.23. The molecule has 0 aliphatic carbocycles. The quantitative estimate of drug-likeness (QED) is 0.523. The number of hydrogen-bond donors (Lipinski definition) is 0. The highest BCUT2D eigenvalue weighted by atomic mass is 16.1. The van der Waals surface area contributed by atoms with Crippen molar-refractivity contribution in [3.63, 3.8) is 0 Å². The first-order valence-electron chi connectivity index (χ1n) is 4.28. The summed E-state index contributed by atoms with van der Waals surface area (Å²) in [4.78, 5) is 21.7. The van der Waals surface area contributed by atoms with E-state index in [4.69, 9.17) is 0 Å². The average Bonchev–Trinajstić information content (AvgIpc) is 2.16. The summed E-state index contributed by atoms with van der Waals surface area (Å²) in [6.45, 7) is 3.49. The molecule has 0 saturated carbocycles. The second-order valence-corrected chi connectivity index (χ2v) is 2.95. The second kappa shape index (κ2) is 3.99. The van der Waals surface area contributed by atoms with Crippen LogP contribution in [-0.2, 0) is 6.42 Å². The Morgan fingerprint density at radius 2 is 2.15 bits per heavy atom. The van der Waals surface area contributed by atoms with Gasteiger partial charge in [0.05, 0.1) is 0 Å². The van der Waals surface area contributed by atoms with Crippen LogP contribution in [0.5, 0.6) is 0 Å². The summed E-state index contributed by atoms with van der Waals surface area (Å²) < 4.78 is 0. The van der Waals surface area contributed by atoms with Crippen molar-refractivity contribution in [2.45, 2.75) is 20.3 Å². The van der Waals surface area contributed by atoms with Crippen molar-refractivity contribution in [2.24, 2.45) is 0 Å². The molecule has 0 amide bonds. The predicted octanol–water partition coefficient (Wildman–Crippen LogP) is 2.26. The molecule has 1 aromatic carbocycles. The Hall–Kier alpha value is -1.44. The SMILES string of the molecule is CCc1ccc(C=O)c(C(C)=O)c1. The third-order valence-electron chi connectivity index (χ3n) is 2.03. The van der Waals surface area contributed by atoms with Crippen molar-refractivity contribution >= 4 is 12.1 Å². The molecule has 0 aliphatic rings. The van der Waals surface area contributed by atoms with Gasteiger partial charge in [0, 0.05) is 11.1 Å². The highest BCUT2D eigenvalue weighted by Crippen LogP contribution is 2.11. The van der Waals surface area contributed by atoms with Crippen molar-refractivity contribution in [3.05, 3.63) is 34.9 Å². The first-order chi connectivity index (χ1) is 6.19. The Kier molecular flexibility index (Phi) is 2.96. The minimum atomic E-state index is -0.0580. The van der Waals surface area contributed by atoms with Gasteiger partial charge in [0.2, 0.25) is 0 Å². The van der Waals surface area contributed by atoms with Crippen LogP contribution in [0.3, 0.4) is 0 Å². The lowest BCUT2D eigenvalue weighted by molar-refractivity contribution is 0.100. The van der Waals surface area contributed by atoms with E-state index in [1.54, 1.807) is 12.1 Å². The number of aldehydes is 1. The molecule has 13 heavy (non-hydrogen) atoms. The molecule has 0 radical (unpaired) electrons. The number of rotatable bonds is 3. The molecule has 0 bridgehead atoms. The lowest BCUT2D eigenvalue weighted by Crippen LogP contribution is -1.99. The summed E-state index contributed by atoms with van der Waals surface area (Å²) in [6.07, 6.45) is 1.59. The molecule has 2 heteroatoms. The first kappa shape index (κ1) is 9.65. The number of benzene rings is 1. The minimum absolute atomic E-state index is 0.0580. The van der Waals surface area contributed by atoms with Crippen molar-refractivity contribution < 1.29 is 9.59 Å². The van der Waals surface area contributed by atoms with Crippen molar-refractivity contribution in [1.82, 2.24) is 0 Å². The summed E-state index contributed by atoms with van der Waals surface area (Å²) in [7, 11) is 0. The Bertz CT molecular complexity index is 340. The van der Waals surface area contributed by atoms with Gasteiger partial charge >= 0.3 is 0 Å². The maximum atomic E-state index is 11.1. The normalized spacial score (nSPS) is 9.69.